The standard InChI is InChI=1S/C10H14N2O3/c1-3-14-9-5-7-12(8-6-11-9)10(13)15-4-2/h5-8H,3-4H2,1-2H3. The summed E-state index contributed by atoms with van der Waals surface area (Å²) >= 11 is 0. The van der Waals surface area contributed by atoms with E-state index in [9.17, 15) is 4.79 Å². The minimum atomic E-state index is -0.432. The molecule has 1 aliphatic heterocycles. The van der Waals surface area contributed by atoms with Gasteiger partial charge in [-0.3, -0.25) is 4.90 Å². The smallest absolute Gasteiger partial charge is 0.417 e. The molecule has 0 atom stereocenters. The monoisotopic (exact) mass is 210 g/mol. The molecule has 15 heavy (non-hydrogen) atoms. The molecule has 82 valence electrons. The summed E-state index contributed by atoms with van der Waals surface area (Å²) in [7, 11) is 0. The molecule has 0 aromatic carbocycles. The zero-order chi connectivity index (χ0) is 11.1. The second-order valence-electron chi connectivity index (χ2n) is 2.62. The van der Waals surface area contributed by atoms with Gasteiger partial charge in [-0.15, -0.1) is 0 Å². The van der Waals surface area contributed by atoms with Crippen LogP contribution in [0.2, 0.25) is 0 Å². The van der Waals surface area contributed by atoms with Crippen LogP contribution in [0.15, 0.2) is 29.7 Å². The van der Waals surface area contributed by atoms with Crippen molar-refractivity contribution >= 4 is 12.0 Å². The second-order valence-corrected chi connectivity index (χ2v) is 2.62. The Morgan fingerprint density at radius 1 is 1.40 bits per heavy atom. The van der Waals surface area contributed by atoms with Gasteiger partial charge in [0.2, 0.25) is 5.90 Å². The highest BCUT2D eigenvalue weighted by molar-refractivity contribution is 5.89. The first-order chi connectivity index (χ1) is 7.27. The summed E-state index contributed by atoms with van der Waals surface area (Å²) in [5, 5.41) is 0. The largest absolute Gasteiger partial charge is 0.478 e. The maximum Gasteiger partial charge on any atom is 0.417 e. The van der Waals surface area contributed by atoms with E-state index in [4.69, 9.17) is 9.47 Å². The highest BCUT2D eigenvalue weighted by Crippen LogP contribution is 2.02. The number of amides is 1. The van der Waals surface area contributed by atoms with Crippen molar-refractivity contribution in [2.75, 3.05) is 13.2 Å². The Kier molecular flexibility index (Phi) is 4.40. The third-order valence-corrected chi connectivity index (χ3v) is 1.58. The van der Waals surface area contributed by atoms with Crippen molar-refractivity contribution < 1.29 is 14.3 Å². The molecule has 0 bridgehead atoms. The number of carbonyl (C=O) groups excluding carboxylic acids is 1. The van der Waals surface area contributed by atoms with Crippen molar-refractivity contribution in [2.45, 2.75) is 13.8 Å². The Bertz CT molecular complexity index is 308. The van der Waals surface area contributed by atoms with Gasteiger partial charge in [-0.25, -0.2) is 9.79 Å². The molecule has 0 saturated carbocycles. The number of hydrogen-bond donors (Lipinski definition) is 0. The molecule has 0 unspecified atom stereocenters. The zero-order valence-corrected chi connectivity index (χ0v) is 8.84. The maximum atomic E-state index is 11.3. The quantitative estimate of drug-likeness (QED) is 0.699. The van der Waals surface area contributed by atoms with E-state index in [1.54, 1.807) is 19.2 Å². The number of carbonyl (C=O) groups is 1. The molecule has 0 radical (unpaired) electrons. The van der Waals surface area contributed by atoms with E-state index < -0.39 is 6.09 Å². The predicted octanol–water partition coefficient (Wildman–Crippen LogP) is 1.88. The van der Waals surface area contributed by atoms with Gasteiger partial charge in [-0.2, -0.15) is 0 Å². The highest BCUT2D eigenvalue weighted by atomic mass is 16.6. The second kappa shape index (κ2) is 5.85. The Balaban J connectivity index is 2.61. The van der Waals surface area contributed by atoms with Gasteiger partial charge in [-0.05, 0) is 13.8 Å². The van der Waals surface area contributed by atoms with Gasteiger partial charge >= 0.3 is 6.09 Å². The van der Waals surface area contributed by atoms with E-state index >= 15 is 0 Å². The van der Waals surface area contributed by atoms with Crippen molar-refractivity contribution in [3.05, 3.63) is 24.7 Å². The third kappa shape index (κ3) is 3.46. The first kappa shape index (κ1) is 11.3. The fraction of sp³-hybridized carbons (Fsp3) is 0.400. The molecule has 5 heteroatoms. The van der Waals surface area contributed by atoms with Crippen molar-refractivity contribution in [2.24, 2.45) is 4.99 Å². The molecule has 1 heterocycles. The van der Waals surface area contributed by atoms with Gasteiger partial charge in [0.15, 0.2) is 0 Å². The summed E-state index contributed by atoms with van der Waals surface area (Å²) < 4.78 is 10.0. The summed E-state index contributed by atoms with van der Waals surface area (Å²) in [5.74, 6) is 0.473. The van der Waals surface area contributed by atoms with Crippen molar-refractivity contribution in [1.82, 2.24) is 4.90 Å². The lowest BCUT2D eigenvalue weighted by Gasteiger charge is -2.10. The number of hydrogen-bond acceptors (Lipinski definition) is 4. The van der Waals surface area contributed by atoms with Crippen LogP contribution in [0.3, 0.4) is 0 Å². The van der Waals surface area contributed by atoms with E-state index in [-0.39, 0.29) is 0 Å². The van der Waals surface area contributed by atoms with Gasteiger partial charge in [0.1, 0.15) is 0 Å². The van der Waals surface area contributed by atoms with Crippen LogP contribution in [-0.2, 0) is 9.47 Å². The molecular formula is C10H14N2O3. The lowest BCUT2D eigenvalue weighted by molar-refractivity contribution is 0.133. The van der Waals surface area contributed by atoms with Gasteiger partial charge in [0, 0.05) is 24.7 Å². The molecular weight excluding hydrogens is 196 g/mol. The third-order valence-electron chi connectivity index (χ3n) is 1.58. The first-order valence-corrected chi connectivity index (χ1v) is 4.78. The summed E-state index contributed by atoms with van der Waals surface area (Å²) in [6.45, 7) is 4.51. The van der Waals surface area contributed by atoms with Crippen LogP contribution >= 0.6 is 0 Å². The van der Waals surface area contributed by atoms with E-state index in [2.05, 4.69) is 4.99 Å². The Morgan fingerprint density at radius 2 is 2.20 bits per heavy atom. The predicted molar refractivity (Wildman–Crippen MR) is 56.2 cm³/mol. The van der Waals surface area contributed by atoms with E-state index in [1.807, 2.05) is 6.92 Å². The molecule has 0 aromatic heterocycles. The normalized spacial score (nSPS) is 14.5. The van der Waals surface area contributed by atoms with Crippen LogP contribution in [0.5, 0.6) is 0 Å². The van der Waals surface area contributed by atoms with Crippen molar-refractivity contribution in [1.29, 1.82) is 0 Å². The number of rotatable bonds is 2. The SMILES string of the molecule is CCOC(=O)N1C=CN=C(OCC)C=C1. The maximum absolute atomic E-state index is 11.3. The van der Waals surface area contributed by atoms with Crippen molar-refractivity contribution in [3.63, 3.8) is 0 Å². The fourth-order valence-electron chi connectivity index (χ4n) is 0.968. The Labute approximate surface area is 88.7 Å². The number of aliphatic imine (C=N–C) groups is 1. The molecule has 1 amide bonds. The summed E-state index contributed by atoms with van der Waals surface area (Å²) in [6.07, 6.45) is 5.73. The van der Waals surface area contributed by atoms with Gasteiger partial charge in [-0.1, -0.05) is 0 Å². The lowest BCUT2D eigenvalue weighted by Crippen LogP contribution is -2.20. The summed E-state index contributed by atoms with van der Waals surface area (Å²) in [6, 6.07) is 0. The molecule has 0 aliphatic carbocycles. The summed E-state index contributed by atoms with van der Waals surface area (Å²) in [4.78, 5) is 16.6. The Morgan fingerprint density at radius 3 is 2.87 bits per heavy atom. The topological polar surface area (TPSA) is 51.1 Å². The van der Waals surface area contributed by atoms with Crippen molar-refractivity contribution in [3.8, 4) is 0 Å². The minimum absolute atomic E-state index is 0.343. The fourth-order valence-corrected chi connectivity index (χ4v) is 0.968. The zero-order valence-electron chi connectivity index (χ0n) is 8.84. The van der Waals surface area contributed by atoms with E-state index in [0.717, 1.165) is 0 Å². The van der Waals surface area contributed by atoms with Crippen LogP contribution in [0.1, 0.15) is 13.8 Å². The average Bonchev–Trinajstić information content (AvgIpc) is 2.44. The first-order valence-electron chi connectivity index (χ1n) is 4.78. The van der Waals surface area contributed by atoms with Gasteiger partial charge in [0.25, 0.3) is 0 Å². The lowest BCUT2D eigenvalue weighted by atomic mass is 10.5. The molecule has 0 aromatic rings. The molecule has 0 spiro atoms. The molecule has 0 saturated heterocycles. The molecule has 1 aliphatic rings. The van der Waals surface area contributed by atoms with Crippen LogP contribution in [0.25, 0.3) is 0 Å². The van der Waals surface area contributed by atoms with E-state index in [0.29, 0.717) is 19.1 Å². The van der Waals surface area contributed by atoms with Gasteiger partial charge < -0.3 is 9.47 Å². The van der Waals surface area contributed by atoms with Gasteiger partial charge in [0.05, 0.1) is 13.2 Å². The molecule has 0 fully saturated rings. The van der Waals surface area contributed by atoms with Crippen LogP contribution in [0, 0.1) is 0 Å². The number of ether oxygens (including phenoxy) is 2. The van der Waals surface area contributed by atoms with Crippen LogP contribution in [0.4, 0.5) is 4.79 Å². The minimum Gasteiger partial charge on any atom is -0.478 e. The summed E-state index contributed by atoms with van der Waals surface area (Å²) in [5.41, 5.74) is 0. The highest BCUT2D eigenvalue weighted by Gasteiger charge is 2.09. The van der Waals surface area contributed by atoms with Crippen LogP contribution < -0.4 is 0 Å². The Hall–Kier alpha value is -1.78. The molecule has 0 N–H and O–H groups in total. The van der Waals surface area contributed by atoms with Crippen LogP contribution in [-0.4, -0.2) is 30.1 Å². The van der Waals surface area contributed by atoms with E-state index in [1.165, 1.54) is 17.3 Å². The average molecular weight is 210 g/mol. The molecule has 1 rings (SSSR count). The number of nitrogens with zero attached hydrogens (tertiary/aromatic N) is 2. The molecule has 5 nitrogen and oxygen atoms in total.